The van der Waals surface area contributed by atoms with E-state index in [1.54, 1.807) is 13.8 Å². The van der Waals surface area contributed by atoms with E-state index in [0.29, 0.717) is 0 Å². The smallest absolute Gasteiger partial charge is 0.155 e. The highest BCUT2D eigenvalue weighted by Crippen LogP contribution is 2.66. The first-order chi connectivity index (χ1) is 6.23. The van der Waals surface area contributed by atoms with Gasteiger partial charge in [-0.1, -0.05) is 6.42 Å². The summed E-state index contributed by atoms with van der Waals surface area (Å²) < 4.78 is 22.2. The number of aliphatic hydroxyl groups is 1. The van der Waals surface area contributed by atoms with Crippen molar-refractivity contribution in [3.8, 4) is 0 Å². The van der Waals surface area contributed by atoms with E-state index in [0.717, 1.165) is 19.3 Å². The third kappa shape index (κ3) is 0.986. The van der Waals surface area contributed by atoms with Gasteiger partial charge in [-0.2, -0.15) is 0 Å². The standard InChI is InChI=1S/C10H18O3S/c1-9(2,14(3,12)13)10(11)7-5-4-6-8(7)10/h7-8,11H,4-6H2,1-3H3. The van der Waals surface area contributed by atoms with Crippen molar-refractivity contribution in [2.24, 2.45) is 11.8 Å². The Morgan fingerprint density at radius 1 is 1.29 bits per heavy atom. The Morgan fingerprint density at radius 3 is 2.07 bits per heavy atom. The zero-order chi connectivity index (χ0) is 10.8. The van der Waals surface area contributed by atoms with E-state index in [4.69, 9.17) is 0 Å². The zero-order valence-electron chi connectivity index (χ0n) is 8.95. The summed E-state index contributed by atoms with van der Waals surface area (Å²) in [6.45, 7) is 3.31. The van der Waals surface area contributed by atoms with Crippen LogP contribution < -0.4 is 0 Å². The van der Waals surface area contributed by atoms with Gasteiger partial charge in [0.05, 0.1) is 10.3 Å². The molecule has 14 heavy (non-hydrogen) atoms. The van der Waals surface area contributed by atoms with Gasteiger partial charge in [0.15, 0.2) is 9.84 Å². The molecule has 0 spiro atoms. The molecule has 0 bridgehead atoms. The van der Waals surface area contributed by atoms with Crippen LogP contribution in [0.5, 0.6) is 0 Å². The number of hydrogen-bond acceptors (Lipinski definition) is 3. The lowest BCUT2D eigenvalue weighted by molar-refractivity contribution is 0.0715. The van der Waals surface area contributed by atoms with Crippen LogP contribution in [0.3, 0.4) is 0 Å². The van der Waals surface area contributed by atoms with Gasteiger partial charge in [-0.25, -0.2) is 8.42 Å². The molecular formula is C10H18O3S. The molecule has 2 aliphatic carbocycles. The minimum atomic E-state index is -3.19. The monoisotopic (exact) mass is 218 g/mol. The largest absolute Gasteiger partial charge is 0.388 e. The maximum atomic E-state index is 11.6. The van der Waals surface area contributed by atoms with Crippen LogP contribution in [-0.2, 0) is 9.84 Å². The number of hydrogen-bond donors (Lipinski definition) is 1. The van der Waals surface area contributed by atoms with Gasteiger partial charge in [0, 0.05) is 6.26 Å². The highest BCUT2D eigenvalue weighted by molar-refractivity contribution is 7.92. The zero-order valence-corrected chi connectivity index (χ0v) is 9.76. The van der Waals surface area contributed by atoms with Gasteiger partial charge in [0.25, 0.3) is 0 Å². The minimum absolute atomic E-state index is 0.229. The minimum Gasteiger partial charge on any atom is -0.388 e. The predicted octanol–water partition coefficient (Wildman–Crippen LogP) is 0.971. The SMILES string of the molecule is CC(C)(C1(O)C2CCCC21)S(C)(=O)=O. The summed E-state index contributed by atoms with van der Waals surface area (Å²) in [5.41, 5.74) is -0.946. The molecule has 2 fully saturated rings. The number of rotatable bonds is 2. The van der Waals surface area contributed by atoms with Crippen LogP contribution in [0, 0.1) is 11.8 Å². The molecule has 2 unspecified atom stereocenters. The van der Waals surface area contributed by atoms with Crippen LogP contribution in [0.15, 0.2) is 0 Å². The van der Waals surface area contributed by atoms with Crippen molar-refractivity contribution in [2.75, 3.05) is 6.26 Å². The summed E-state index contributed by atoms with van der Waals surface area (Å²) >= 11 is 0. The lowest BCUT2D eigenvalue weighted by atomic mass is 9.95. The Balaban J connectivity index is 2.34. The van der Waals surface area contributed by atoms with Gasteiger partial charge in [-0.3, -0.25) is 0 Å². The predicted molar refractivity (Wildman–Crippen MR) is 54.7 cm³/mol. The average Bonchev–Trinajstić information content (AvgIpc) is 2.48. The highest BCUT2D eigenvalue weighted by Gasteiger charge is 2.74. The van der Waals surface area contributed by atoms with E-state index in [1.165, 1.54) is 6.26 Å². The molecule has 2 aliphatic rings. The maximum absolute atomic E-state index is 11.6. The second-order valence-corrected chi connectivity index (χ2v) is 7.82. The molecule has 2 rings (SSSR count). The number of sulfone groups is 1. The van der Waals surface area contributed by atoms with Crippen LogP contribution in [0.2, 0.25) is 0 Å². The molecule has 0 saturated heterocycles. The molecule has 0 amide bonds. The molecular weight excluding hydrogens is 200 g/mol. The Hall–Kier alpha value is -0.0900. The maximum Gasteiger partial charge on any atom is 0.155 e. The summed E-state index contributed by atoms with van der Waals surface area (Å²) in [7, 11) is -3.19. The lowest BCUT2D eigenvalue weighted by Gasteiger charge is -2.32. The second kappa shape index (κ2) is 2.53. The molecule has 3 nitrogen and oxygen atoms in total. The van der Waals surface area contributed by atoms with Crippen LogP contribution in [0.1, 0.15) is 33.1 Å². The molecule has 0 radical (unpaired) electrons. The van der Waals surface area contributed by atoms with Gasteiger partial charge < -0.3 is 5.11 Å². The fraction of sp³-hybridized carbons (Fsp3) is 1.00. The molecule has 82 valence electrons. The molecule has 0 aliphatic heterocycles. The molecule has 0 heterocycles. The Morgan fingerprint density at radius 2 is 1.71 bits per heavy atom. The van der Waals surface area contributed by atoms with Gasteiger partial charge in [-0.15, -0.1) is 0 Å². The van der Waals surface area contributed by atoms with Gasteiger partial charge in [0.2, 0.25) is 0 Å². The van der Waals surface area contributed by atoms with Crippen molar-refractivity contribution in [3.63, 3.8) is 0 Å². The van der Waals surface area contributed by atoms with E-state index in [1.807, 2.05) is 0 Å². The second-order valence-electron chi connectivity index (χ2n) is 5.25. The Kier molecular flexibility index (Phi) is 1.88. The fourth-order valence-corrected chi connectivity index (χ4v) is 4.01. The van der Waals surface area contributed by atoms with Crippen LogP contribution in [0.4, 0.5) is 0 Å². The summed E-state index contributed by atoms with van der Waals surface area (Å²) in [4.78, 5) is 0. The van der Waals surface area contributed by atoms with Crippen LogP contribution >= 0.6 is 0 Å². The summed E-state index contributed by atoms with van der Waals surface area (Å²) in [6, 6.07) is 0. The van der Waals surface area contributed by atoms with Gasteiger partial charge >= 0.3 is 0 Å². The van der Waals surface area contributed by atoms with E-state index >= 15 is 0 Å². The van der Waals surface area contributed by atoms with Crippen LogP contribution in [0.25, 0.3) is 0 Å². The third-order valence-electron chi connectivity index (χ3n) is 4.43. The third-order valence-corrected chi connectivity index (χ3v) is 6.61. The van der Waals surface area contributed by atoms with Crippen molar-refractivity contribution in [1.82, 2.24) is 0 Å². The van der Waals surface area contributed by atoms with Crippen molar-refractivity contribution < 1.29 is 13.5 Å². The Labute approximate surface area is 85.4 Å². The highest BCUT2D eigenvalue weighted by atomic mass is 32.2. The first-order valence-corrected chi connectivity index (χ1v) is 7.04. The topological polar surface area (TPSA) is 54.4 Å². The molecule has 2 saturated carbocycles. The fourth-order valence-electron chi connectivity index (χ4n) is 3.11. The van der Waals surface area contributed by atoms with E-state index in [2.05, 4.69) is 0 Å². The molecule has 2 atom stereocenters. The van der Waals surface area contributed by atoms with Crippen molar-refractivity contribution >= 4 is 9.84 Å². The molecule has 0 aromatic carbocycles. The molecule has 0 aromatic rings. The molecule has 0 aromatic heterocycles. The first kappa shape index (κ1) is 10.4. The van der Waals surface area contributed by atoms with E-state index < -0.39 is 20.2 Å². The quantitative estimate of drug-likeness (QED) is 0.751. The van der Waals surface area contributed by atoms with E-state index in [-0.39, 0.29) is 11.8 Å². The average molecular weight is 218 g/mol. The lowest BCUT2D eigenvalue weighted by Crippen LogP contribution is -2.48. The normalized spacial score (nSPS) is 42.3. The summed E-state index contributed by atoms with van der Waals surface area (Å²) in [5.74, 6) is 0.458. The van der Waals surface area contributed by atoms with Gasteiger partial charge in [0.1, 0.15) is 0 Å². The molecule has 4 heteroatoms. The summed E-state index contributed by atoms with van der Waals surface area (Å²) in [6.07, 6.45) is 4.33. The van der Waals surface area contributed by atoms with Crippen LogP contribution in [-0.4, -0.2) is 30.1 Å². The van der Waals surface area contributed by atoms with Crippen molar-refractivity contribution in [2.45, 2.75) is 43.5 Å². The Bertz CT molecular complexity index is 346. The van der Waals surface area contributed by atoms with Gasteiger partial charge in [-0.05, 0) is 38.5 Å². The van der Waals surface area contributed by atoms with E-state index in [9.17, 15) is 13.5 Å². The number of fused-ring (bicyclic) bond motifs is 1. The van der Waals surface area contributed by atoms with Crippen molar-refractivity contribution in [1.29, 1.82) is 0 Å². The van der Waals surface area contributed by atoms with Crippen molar-refractivity contribution in [3.05, 3.63) is 0 Å². The molecule has 1 N–H and O–H groups in total. The summed E-state index contributed by atoms with van der Waals surface area (Å²) in [5, 5.41) is 10.4. The first-order valence-electron chi connectivity index (χ1n) is 5.15.